The van der Waals surface area contributed by atoms with Crippen LogP contribution in [0.3, 0.4) is 0 Å². The van der Waals surface area contributed by atoms with Crippen molar-refractivity contribution < 1.29 is 9.53 Å². The van der Waals surface area contributed by atoms with Gasteiger partial charge in [0.05, 0.1) is 11.2 Å². The summed E-state index contributed by atoms with van der Waals surface area (Å²) in [6, 6.07) is 9.33. The summed E-state index contributed by atoms with van der Waals surface area (Å²) < 4.78 is 5.63. The second-order valence-corrected chi connectivity index (χ2v) is 7.78. The molecule has 7 nitrogen and oxygen atoms in total. The standard InChI is InChI=1S/C22H20ClN5O2/c1-22(14-28(15-22)6-3-7-29)27-19-8-16(10-24-13-19)17-11-25-21(26-12-17)30-20-5-2-4-18(23)9-20/h2-13,27H,14-15H2,1H3. The molecule has 1 N–H and O–H groups in total. The van der Waals surface area contributed by atoms with E-state index in [4.69, 9.17) is 16.3 Å². The van der Waals surface area contributed by atoms with E-state index < -0.39 is 0 Å². The molecule has 0 unspecified atom stereocenters. The lowest BCUT2D eigenvalue weighted by Gasteiger charge is -2.48. The molecule has 0 atom stereocenters. The number of ether oxygens (including phenoxy) is 1. The number of nitrogens with zero attached hydrogens (tertiary/aromatic N) is 4. The molecule has 1 saturated heterocycles. The van der Waals surface area contributed by atoms with Crippen molar-refractivity contribution in [3.8, 4) is 22.9 Å². The van der Waals surface area contributed by atoms with Crippen molar-refractivity contribution in [3.05, 3.63) is 72.4 Å². The fourth-order valence-corrected chi connectivity index (χ4v) is 3.54. The van der Waals surface area contributed by atoms with Crippen LogP contribution in [-0.4, -0.2) is 44.8 Å². The summed E-state index contributed by atoms with van der Waals surface area (Å²) in [7, 11) is 0. The van der Waals surface area contributed by atoms with Crippen molar-refractivity contribution in [1.82, 2.24) is 19.9 Å². The summed E-state index contributed by atoms with van der Waals surface area (Å²) in [6.07, 6.45) is 11.0. The number of halogens is 1. The average Bonchev–Trinajstić information content (AvgIpc) is 2.71. The molecule has 1 aliphatic rings. The van der Waals surface area contributed by atoms with Gasteiger partial charge in [-0.05, 0) is 37.3 Å². The second-order valence-electron chi connectivity index (χ2n) is 7.34. The molecule has 1 fully saturated rings. The van der Waals surface area contributed by atoms with Gasteiger partial charge in [-0.15, -0.1) is 0 Å². The highest BCUT2D eigenvalue weighted by molar-refractivity contribution is 6.30. The number of benzene rings is 1. The predicted molar refractivity (Wildman–Crippen MR) is 116 cm³/mol. The van der Waals surface area contributed by atoms with Crippen LogP contribution in [0.1, 0.15) is 6.92 Å². The Hall–Kier alpha value is -3.45. The molecule has 0 amide bonds. The van der Waals surface area contributed by atoms with Gasteiger partial charge >= 0.3 is 6.01 Å². The third-order valence-corrected chi connectivity index (χ3v) is 4.87. The van der Waals surface area contributed by atoms with E-state index in [0.29, 0.717) is 10.8 Å². The Morgan fingerprint density at radius 3 is 2.67 bits per heavy atom. The van der Waals surface area contributed by atoms with Gasteiger partial charge in [0, 0.05) is 60.2 Å². The van der Waals surface area contributed by atoms with E-state index >= 15 is 0 Å². The van der Waals surface area contributed by atoms with E-state index in [1.165, 1.54) is 6.08 Å². The van der Waals surface area contributed by atoms with E-state index in [0.717, 1.165) is 36.2 Å². The molecule has 3 aromatic rings. The van der Waals surface area contributed by atoms with Crippen LogP contribution in [0, 0.1) is 0 Å². The largest absolute Gasteiger partial charge is 0.424 e. The molecule has 1 aliphatic heterocycles. The summed E-state index contributed by atoms with van der Waals surface area (Å²) in [4.78, 5) is 25.4. The molecular weight excluding hydrogens is 402 g/mol. The molecule has 2 aromatic heterocycles. The highest BCUT2D eigenvalue weighted by Crippen LogP contribution is 2.28. The fraction of sp³-hybridized carbons (Fsp3) is 0.182. The summed E-state index contributed by atoms with van der Waals surface area (Å²) >= 11 is 5.97. The van der Waals surface area contributed by atoms with Gasteiger partial charge in [0.1, 0.15) is 12.0 Å². The second kappa shape index (κ2) is 8.51. The number of carbonyl (C=O) groups excluding carboxylic acids is 1. The van der Waals surface area contributed by atoms with Gasteiger partial charge in [0.25, 0.3) is 0 Å². The Kier molecular flexibility index (Phi) is 5.63. The van der Waals surface area contributed by atoms with Gasteiger partial charge in [0.15, 0.2) is 0 Å². The van der Waals surface area contributed by atoms with Crippen molar-refractivity contribution in [2.45, 2.75) is 12.5 Å². The number of hydrogen-bond donors (Lipinski definition) is 1. The van der Waals surface area contributed by atoms with E-state index in [1.807, 2.05) is 6.07 Å². The van der Waals surface area contributed by atoms with E-state index in [2.05, 4.69) is 32.1 Å². The van der Waals surface area contributed by atoms with Crippen LogP contribution < -0.4 is 10.1 Å². The van der Waals surface area contributed by atoms with Gasteiger partial charge in [0.2, 0.25) is 0 Å². The number of hydrogen-bond acceptors (Lipinski definition) is 7. The fourth-order valence-electron chi connectivity index (χ4n) is 3.36. The van der Waals surface area contributed by atoms with E-state index in [9.17, 15) is 4.79 Å². The van der Waals surface area contributed by atoms with Crippen molar-refractivity contribution >= 4 is 23.6 Å². The normalized spacial score (nSPS) is 14.9. The number of likely N-dealkylation sites (tertiary alicyclic amines) is 1. The number of nitrogens with one attached hydrogen (secondary N) is 1. The molecule has 3 heterocycles. The Bertz CT molecular complexity index is 1070. The van der Waals surface area contributed by atoms with Crippen LogP contribution >= 0.6 is 11.6 Å². The van der Waals surface area contributed by atoms with Crippen LogP contribution in [0.15, 0.2) is 67.4 Å². The lowest BCUT2D eigenvalue weighted by Crippen LogP contribution is -2.62. The molecule has 1 aromatic carbocycles. The first-order valence-corrected chi connectivity index (χ1v) is 9.76. The zero-order valence-corrected chi connectivity index (χ0v) is 17.1. The maximum atomic E-state index is 10.4. The minimum absolute atomic E-state index is 0.0846. The van der Waals surface area contributed by atoms with Crippen LogP contribution in [0.5, 0.6) is 11.8 Å². The topological polar surface area (TPSA) is 80.2 Å². The van der Waals surface area contributed by atoms with E-state index in [1.54, 1.807) is 55.3 Å². The maximum Gasteiger partial charge on any atom is 0.321 e. The molecule has 8 heteroatoms. The highest BCUT2D eigenvalue weighted by Gasteiger charge is 2.37. The number of anilines is 1. The van der Waals surface area contributed by atoms with Crippen LogP contribution in [0.25, 0.3) is 11.1 Å². The van der Waals surface area contributed by atoms with E-state index in [-0.39, 0.29) is 11.5 Å². The number of aldehydes is 1. The first-order valence-electron chi connectivity index (χ1n) is 9.38. The Balaban J connectivity index is 1.42. The van der Waals surface area contributed by atoms with Crippen molar-refractivity contribution in [2.75, 3.05) is 18.4 Å². The number of rotatable bonds is 7. The molecule has 0 spiro atoms. The number of carbonyl (C=O) groups is 1. The Morgan fingerprint density at radius 2 is 1.93 bits per heavy atom. The first-order chi connectivity index (χ1) is 14.5. The van der Waals surface area contributed by atoms with Crippen molar-refractivity contribution in [1.29, 1.82) is 0 Å². The molecular formula is C22H20ClN5O2. The smallest absolute Gasteiger partial charge is 0.321 e. The molecule has 0 bridgehead atoms. The summed E-state index contributed by atoms with van der Waals surface area (Å²) in [5.74, 6) is 0.578. The van der Waals surface area contributed by atoms with Crippen LogP contribution in [0.2, 0.25) is 5.02 Å². The molecule has 152 valence electrons. The lowest BCUT2D eigenvalue weighted by molar-refractivity contribution is -0.104. The summed E-state index contributed by atoms with van der Waals surface area (Å²) in [6.45, 7) is 3.75. The third-order valence-electron chi connectivity index (χ3n) is 4.63. The zero-order chi connectivity index (χ0) is 21.0. The van der Waals surface area contributed by atoms with Gasteiger partial charge < -0.3 is 15.0 Å². The van der Waals surface area contributed by atoms with Crippen LogP contribution in [0.4, 0.5) is 5.69 Å². The minimum atomic E-state index is -0.0846. The molecule has 0 aliphatic carbocycles. The zero-order valence-electron chi connectivity index (χ0n) is 16.3. The van der Waals surface area contributed by atoms with Crippen molar-refractivity contribution in [2.24, 2.45) is 0 Å². The van der Waals surface area contributed by atoms with Gasteiger partial charge in [-0.25, -0.2) is 9.97 Å². The summed E-state index contributed by atoms with van der Waals surface area (Å²) in [5.41, 5.74) is 2.56. The first kappa shape index (κ1) is 19.8. The Morgan fingerprint density at radius 1 is 1.13 bits per heavy atom. The van der Waals surface area contributed by atoms with Gasteiger partial charge in [-0.1, -0.05) is 17.7 Å². The number of pyridine rings is 1. The average molecular weight is 422 g/mol. The van der Waals surface area contributed by atoms with Gasteiger partial charge in [-0.3, -0.25) is 9.78 Å². The lowest BCUT2D eigenvalue weighted by atomic mass is 9.92. The van der Waals surface area contributed by atoms with Crippen LogP contribution in [-0.2, 0) is 4.79 Å². The van der Waals surface area contributed by atoms with Gasteiger partial charge in [-0.2, -0.15) is 0 Å². The molecule has 0 saturated carbocycles. The summed E-state index contributed by atoms with van der Waals surface area (Å²) in [5, 5.41) is 4.10. The highest BCUT2D eigenvalue weighted by atomic mass is 35.5. The minimum Gasteiger partial charge on any atom is -0.424 e. The Labute approximate surface area is 179 Å². The number of allylic oxidation sites excluding steroid dienone is 1. The maximum absolute atomic E-state index is 10.4. The molecule has 30 heavy (non-hydrogen) atoms. The predicted octanol–water partition coefficient (Wildman–Crippen LogP) is 4.18. The molecule has 0 radical (unpaired) electrons. The monoisotopic (exact) mass is 421 g/mol. The quantitative estimate of drug-likeness (QED) is 0.452. The third kappa shape index (κ3) is 4.75. The number of aromatic nitrogens is 3. The molecule has 4 rings (SSSR count). The SMILES string of the molecule is CC1(Nc2cncc(-c3cnc(Oc4cccc(Cl)c4)nc3)c2)CN(C=CC=O)C1. The van der Waals surface area contributed by atoms with Crippen molar-refractivity contribution in [3.63, 3.8) is 0 Å².